The molecule has 150 valence electrons. The fourth-order valence-corrected chi connectivity index (χ4v) is 4.22. The van der Waals surface area contributed by atoms with Crippen LogP contribution in [0.3, 0.4) is 0 Å². The fraction of sp³-hybridized carbons (Fsp3) is 0.545. The molecule has 6 nitrogen and oxygen atoms in total. The number of aryl methyl sites for hydroxylation is 2. The van der Waals surface area contributed by atoms with Crippen LogP contribution in [0.5, 0.6) is 0 Å². The second-order valence-electron chi connectivity index (χ2n) is 8.16. The topological polar surface area (TPSA) is 57.0 Å². The van der Waals surface area contributed by atoms with Gasteiger partial charge in [0.05, 0.1) is 6.54 Å². The minimum absolute atomic E-state index is 0.267. The normalized spacial score (nSPS) is 18.9. The molecule has 1 aromatic heterocycles. The molecule has 0 spiro atoms. The summed E-state index contributed by atoms with van der Waals surface area (Å²) in [7, 11) is 0. The second kappa shape index (κ2) is 8.05. The molecule has 1 amide bonds. The first-order chi connectivity index (χ1) is 13.5. The lowest BCUT2D eigenvalue weighted by molar-refractivity contribution is -0.131. The van der Waals surface area contributed by atoms with Crippen molar-refractivity contribution < 1.29 is 9.21 Å². The summed E-state index contributed by atoms with van der Waals surface area (Å²) in [4.78, 5) is 31.0. The Kier molecular flexibility index (Phi) is 5.51. The summed E-state index contributed by atoms with van der Waals surface area (Å²) in [5, 5.41) is 1.02. The van der Waals surface area contributed by atoms with Crippen LogP contribution in [-0.2, 0) is 11.3 Å². The highest BCUT2D eigenvalue weighted by Crippen LogP contribution is 2.23. The third-order valence-electron chi connectivity index (χ3n) is 6.12. The summed E-state index contributed by atoms with van der Waals surface area (Å²) in [5.41, 5.74) is 3.73. The van der Waals surface area contributed by atoms with E-state index in [9.17, 15) is 9.59 Å². The molecule has 0 bridgehead atoms. The van der Waals surface area contributed by atoms with Gasteiger partial charge in [-0.2, -0.15) is 0 Å². The molecule has 0 atom stereocenters. The van der Waals surface area contributed by atoms with Crippen LogP contribution in [0.15, 0.2) is 27.4 Å². The van der Waals surface area contributed by atoms with Crippen molar-refractivity contribution in [2.75, 3.05) is 45.8 Å². The van der Waals surface area contributed by atoms with Crippen molar-refractivity contribution in [3.63, 3.8) is 0 Å². The number of benzene rings is 1. The van der Waals surface area contributed by atoms with E-state index in [1.807, 2.05) is 17.9 Å². The van der Waals surface area contributed by atoms with Crippen molar-refractivity contribution in [2.45, 2.75) is 33.2 Å². The number of hydrogen-bond donors (Lipinski definition) is 0. The van der Waals surface area contributed by atoms with Gasteiger partial charge in [-0.1, -0.05) is 0 Å². The highest BCUT2D eigenvalue weighted by molar-refractivity contribution is 5.82. The minimum atomic E-state index is -0.291. The Morgan fingerprint density at radius 3 is 2.29 bits per heavy atom. The first-order valence-electron chi connectivity index (χ1n) is 10.3. The first kappa shape index (κ1) is 19.2. The molecule has 2 aromatic rings. The maximum absolute atomic E-state index is 12.4. The van der Waals surface area contributed by atoms with Crippen LogP contribution in [0.4, 0.5) is 0 Å². The molecular weight excluding hydrogens is 354 g/mol. The zero-order valence-corrected chi connectivity index (χ0v) is 16.9. The maximum Gasteiger partial charge on any atom is 0.336 e. The summed E-state index contributed by atoms with van der Waals surface area (Å²) in [5.74, 6) is 0.267. The van der Waals surface area contributed by atoms with Gasteiger partial charge in [0.2, 0.25) is 5.91 Å². The smallest absolute Gasteiger partial charge is 0.336 e. The molecule has 0 radical (unpaired) electrons. The van der Waals surface area contributed by atoms with E-state index < -0.39 is 0 Å². The summed E-state index contributed by atoms with van der Waals surface area (Å²) in [6, 6.07) is 5.70. The Morgan fingerprint density at radius 2 is 1.57 bits per heavy atom. The van der Waals surface area contributed by atoms with Gasteiger partial charge in [0.15, 0.2) is 0 Å². The molecule has 6 heteroatoms. The van der Waals surface area contributed by atoms with Crippen LogP contribution in [0, 0.1) is 13.8 Å². The van der Waals surface area contributed by atoms with E-state index in [4.69, 9.17) is 4.42 Å². The Hall–Kier alpha value is -2.18. The van der Waals surface area contributed by atoms with Crippen molar-refractivity contribution in [3.05, 3.63) is 45.3 Å². The summed E-state index contributed by atoms with van der Waals surface area (Å²) in [6.45, 7) is 10.8. The van der Waals surface area contributed by atoms with Gasteiger partial charge < -0.3 is 9.32 Å². The number of nitrogens with zero attached hydrogens (tertiary/aromatic N) is 3. The molecule has 4 rings (SSSR count). The summed E-state index contributed by atoms with van der Waals surface area (Å²) < 4.78 is 5.41. The SMILES string of the molecule is Cc1cc2oc(=O)cc(CN3CCN(CC(=O)N4CCCC4)CC3)c2cc1C. The largest absolute Gasteiger partial charge is 0.423 e. The molecule has 2 aliphatic rings. The van der Waals surface area contributed by atoms with Crippen LogP contribution < -0.4 is 5.63 Å². The zero-order chi connectivity index (χ0) is 19.7. The number of amides is 1. The monoisotopic (exact) mass is 383 g/mol. The Balaban J connectivity index is 1.40. The highest BCUT2D eigenvalue weighted by atomic mass is 16.4. The van der Waals surface area contributed by atoms with Crippen LogP contribution in [0.1, 0.15) is 29.5 Å². The molecule has 1 aromatic carbocycles. The second-order valence-corrected chi connectivity index (χ2v) is 8.16. The number of fused-ring (bicyclic) bond motifs is 1. The lowest BCUT2D eigenvalue weighted by atomic mass is 10.0. The summed E-state index contributed by atoms with van der Waals surface area (Å²) >= 11 is 0. The molecule has 28 heavy (non-hydrogen) atoms. The molecule has 3 heterocycles. The number of likely N-dealkylation sites (tertiary alicyclic amines) is 1. The number of carbonyl (C=O) groups excluding carboxylic acids is 1. The Morgan fingerprint density at radius 1 is 0.929 bits per heavy atom. The zero-order valence-electron chi connectivity index (χ0n) is 16.9. The molecule has 2 saturated heterocycles. The molecule has 0 aliphatic carbocycles. The van der Waals surface area contributed by atoms with E-state index >= 15 is 0 Å². The van der Waals surface area contributed by atoms with Gasteiger partial charge in [0, 0.05) is 57.3 Å². The lowest BCUT2D eigenvalue weighted by Gasteiger charge is -2.35. The van der Waals surface area contributed by atoms with E-state index in [0.717, 1.165) is 75.2 Å². The molecule has 0 unspecified atom stereocenters. The lowest BCUT2D eigenvalue weighted by Crippen LogP contribution is -2.49. The number of rotatable bonds is 4. The van der Waals surface area contributed by atoms with Crippen LogP contribution in [0.25, 0.3) is 11.0 Å². The average molecular weight is 383 g/mol. The van der Waals surface area contributed by atoms with Crippen molar-refractivity contribution in [2.24, 2.45) is 0 Å². The maximum atomic E-state index is 12.4. The molecule has 2 aliphatic heterocycles. The summed E-state index contributed by atoms with van der Waals surface area (Å²) in [6.07, 6.45) is 2.27. The van der Waals surface area contributed by atoms with Gasteiger partial charge in [0.25, 0.3) is 0 Å². The van der Waals surface area contributed by atoms with E-state index in [-0.39, 0.29) is 11.5 Å². The van der Waals surface area contributed by atoms with Gasteiger partial charge in [0.1, 0.15) is 5.58 Å². The van der Waals surface area contributed by atoms with Gasteiger partial charge in [-0.05, 0) is 55.5 Å². The van der Waals surface area contributed by atoms with E-state index in [1.165, 1.54) is 5.56 Å². The van der Waals surface area contributed by atoms with Gasteiger partial charge in [-0.3, -0.25) is 14.6 Å². The van der Waals surface area contributed by atoms with Crippen molar-refractivity contribution in [3.8, 4) is 0 Å². The predicted octanol–water partition coefficient (Wildman–Crippen LogP) is 2.15. The quantitative estimate of drug-likeness (QED) is 0.758. The van der Waals surface area contributed by atoms with Crippen molar-refractivity contribution in [1.82, 2.24) is 14.7 Å². The van der Waals surface area contributed by atoms with Crippen LogP contribution in [0.2, 0.25) is 0 Å². The van der Waals surface area contributed by atoms with E-state index in [1.54, 1.807) is 6.07 Å². The standard InChI is InChI=1S/C22H29N3O3/c1-16-11-19-18(13-22(27)28-20(19)12-17(16)2)14-23-7-9-24(10-8-23)15-21(26)25-5-3-4-6-25/h11-13H,3-10,14-15H2,1-2H3. The Bertz CT molecular complexity index is 923. The van der Waals surface area contributed by atoms with Crippen LogP contribution in [-0.4, -0.2) is 66.4 Å². The van der Waals surface area contributed by atoms with Gasteiger partial charge in [-0.15, -0.1) is 0 Å². The fourth-order valence-electron chi connectivity index (χ4n) is 4.22. The number of carbonyl (C=O) groups is 1. The van der Waals surface area contributed by atoms with Crippen molar-refractivity contribution >= 4 is 16.9 Å². The number of piperazine rings is 1. The van der Waals surface area contributed by atoms with Gasteiger partial charge >= 0.3 is 5.63 Å². The number of hydrogen-bond acceptors (Lipinski definition) is 5. The van der Waals surface area contributed by atoms with E-state index in [0.29, 0.717) is 12.1 Å². The molecular formula is C22H29N3O3. The van der Waals surface area contributed by atoms with E-state index in [2.05, 4.69) is 22.8 Å². The molecule has 2 fully saturated rings. The Labute approximate surface area is 165 Å². The minimum Gasteiger partial charge on any atom is -0.423 e. The average Bonchev–Trinajstić information content (AvgIpc) is 3.20. The third kappa shape index (κ3) is 4.13. The van der Waals surface area contributed by atoms with Crippen molar-refractivity contribution in [1.29, 1.82) is 0 Å². The van der Waals surface area contributed by atoms with Gasteiger partial charge in [-0.25, -0.2) is 4.79 Å². The molecule has 0 N–H and O–H groups in total. The first-order valence-corrected chi connectivity index (χ1v) is 10.3. The van der Waals surface area contributed by atoms with Crippen LogP contribution >= 0.6 is 0 Å². The highest BCUT2D eigenvalue weighted by Gasteiger charge is 2.24. The predicted molar refractivity (Wildman–Crippen MR) is 109 cm³/mol. The molecule has 0 saturated carbocycles. The third-order valence-corrected chi connectivity index (χ3v) is 6.12.